The highest BCUT2D eigenvalue weighted by Gasteiger charge is 2.36. The predicted octanol–water partition coefficient (Wildman–Crippen LogP) is 3.68. The van der Waals surface area contributed by atoms with Gasteiger partial charge in [-0.1, -0.05) is 30.3 Å². The van der Waals surface area contributed by atoms with Crippen LogP contribution in [0.2, 0.25) is 0 Å². The third-order valence-electron chi connectivity index (χ3n) is 4.70. The first-order chi connectivity index (χ1) is 12.8. The van der Waals surface area contributed by atoms with Crippen LogP contribution in [-0.4, -0.2) is 18.4 Å². The van der Waals surface area contributed by atoms with E-state index in [9.17, 15) is 22.8 Å². The van der Waals surface area contributed by atoms with Crippen molar-refractivity contribution in [3.63, 3.8) is 0 Å². The van der Waals surface area contributed by atoms with Crippen molar-refractivity contribution in [3.05, 3.63) is 65.2 Å². The Hall–Kier alpha value is -2.83. The Bertz CT molecular complexity index is 864. The Morgan fingerprint density at radius 1 is 1.19 bits per heavy atom. The minimum atomic E-state index is -4.48. The number of nitrogens with zero attached hydrogens (tertiary/aromatic N) is 1. The molecule has 1 aliphatic rings. The summed E-state index contributed by atoms with van der Waals surface area (Å²) in [5, 5.41) is 2.81. The smallest absolute Gasteiger partial charge is 0.352 e. The lowest BCUT2D eigenvalue weighted by Gasteiger charge is -2.18. The van der Waals surface area contributed by atoms with Crippen LogP contribution in [0.15, 0.2) is 48.5 Å². The summed E-state index contributed by atoms with van der Waals surface area (Å²) in [4.78, 5) is 25.9. The van der Waals surface area contributed by atoms with E-state index < -0.39 is 17.7 Å². The third-order valence-corrected chi connectivity index (χ3v) is 4.70. The van der Waals surface area contributed by atoms with E-state index >= 15 is 0 Å². The van der Waals surface area contributed by atoms with E-state index in [2.05, 4.69) is 5.32 Å². The first kappa shape index (κ1) is 18.9. The maximum atomic E-state index is 12.9. The SMILES string of the molecule is Cc1ccccc1CNC(=O)[C@H]1CC(=O)N(c2cccc(C(F)(F)F)c2)C1. The number of halogens is 3. The minimum absolute atomic E-state index is 0.0180. The quantitative estimate of drug-likeness (QED) is 0.885. The topological polar surface area (TPSA) is 49.4 Å². The normalized spacial score (nSPS) is 17.3. The molecule has 0 aromatic heterocycles. The van der Waals surface area contributed by atoms with Crippen molar-refractivity contribution >= 4 is 17.5 Å². The Kier molecular flexibility index (Phi) is 5.21. The number of anilines is 1. The van der Waals surface area contributed by atoms with Crippen molar-refractivity contribution in [2.75, 3.05) is 11.4 Å². The van der Waals surface area contributed by atoms with Crippen LogP contribution in [0, 0.1) is 12.8 Å². The summed E-state index contributed by atoms with van der Waals surface area (Å²) in [7, 11) is 0. The van der Waals surface area contributed by atoms with Gasteiger partial charge in [-0.25, -0.2) is 0 Å². The Morgan fingerprint density at radius 2 is 1.93 bits per heavy atom. The fourth-order valence-corrected chi connectivity index (χ4v) is 3.12. The lowest BCUT2D eigenvalue weighted by Crippen LogP contribution is -2.32. The minimum Gasteiger partial charge on any atom is -0.352 e. The summed E-state index contributed by atoms with van der Waals surface area (Å²) in [6, 6.07) is 12.2. The molecule has 2 aromatic rings. The van der Waals surface area contributed by atoms with Crippen LogP contribution in [0.4, 0.5) is 18.9 Å². The summed E-state index contributed by atoms with van der Waals surface area (Å²) in [6.07, 6.45) is -4.50. The van der Waals surface area contributed by atoms with Crippen molar-refractivity contribution in [2.45, 2.75) is 26.1 Å². The molecule has 142 valence electrons. The summed E-state index contributed by atoms with van der Waals surface area (Å²) in [5.74, 6) is -1.22. The molecule has 1 saturated heterocycles. The number of benzene rings is 2. The number of aryl methyl sites for hydroxylation is 1. The van der Waals surface area contributed by atoms with E-state index in [-0.39, 0.29) is 30.5 Å². The van der Waals surface area contributed by atoms with Crippen LogP contribution >= 0.6 is 0 Å². The first-order valence-electron chi connectivity index (χ1n) is 8.55. The second-order valence-electron chi connectivity index (χ2n) is 6.60. The van der Waals surface area contributed by atoms with Gasteiger partial charge in [-0.3, -0.25) is 9.59 Å². The van der Waals surface area contributed by atoms with Crippen molar-refractivity contribution in [1.82, 2.24) is 5.32 Å². The molecule has 2 aromatic carbocycles. The van der Waals surface area contributed by atoms with Crippen LogP contribution in [0.3, 0.4) is 0 Å². The third kappa shape index (κ3) is 4.30. The number of hydrogen-bond donors (Lipinski definition) is 1. The second kappa shape index (κ2) is 7.42. The molecule has 0 spiro atoms. The zero-order valence-electron chi connectivity index (χ0n) is 14.7. The summed E-state index contributed by atoms with van der Waals surface area (Å²) < 4.78 is 38.7. The van der Waals surface area contributed by atoms with E-state index in [4.69, 9.17) is 0 Å². The van der Waals surface area contributed by atoms with Gasteiger partial charge in [-0.05, 0) is 36.2 Å². The molecular formula is C20H19F3N2O2. The van der Waals surface area contributed by atoms with Crippen LogP contribution in [0.5, 0.6) is 0 Å². The lowest BCUT2D eigenvalue weighted by atomic mass is 10.1. The highest BCUT2D eigenvalue weighted by Crippen LogP contribution is 2.33. The van der Waals surface area contributed by atoms with Crippen LogP contribution in [-0.2, 0) is 22.3 Å². The molecule has 0 radical (unpaired) electrons. The number of nitrogens with one attached hydrogen (secondary N) is 1. The molecule has 0 unspecified atom stereocenters. The molecule has 27 heavy (non-hydrogen) atoms. The summed E-state index contributed by atoms with van der Waals surface area (Å²) in [5.41, 5.74) is 1.36. The number of alkyl halides is 3. The van der Waals surface area contributed by atoms with Crippen LogP contribution in [0.25, 0.3) is 0 Å². The first-order valence-corrected chi connectivity index (χ1v) is 8.55. The van der Waals surface area contributed by atoms with E-state index in [1.165, 1.54) is 17.0 Å². The molecule has 3 rings (SSSR count). The Balaban J connectivity index is 1.67. The largest absolute Gasteiger partial charge is 0.416 e. The fourth-order valence-electron chi connectivity index (χ4n) is 3.12. The van der Waals surface area contributed by atoms with Gasteiger partial charge in [-0.15, -0.1) is 0 Å². The molecule has 1 fully saturated rings. The van der Waals surface area contributed by atoms with Crippen molar-refractivity contribution in [3.8, 4) is 0 Å². The molecule has 1 heterocycles. The van der Waals surface area contributed by atoms with Gasteiger partial charge < -0.3 is 10.2 Å². The zero-order chi connectivity index (χ0) is 19.6. The monoisotopic (exact) mass is 376 g/mol. The van der Waals surface area contributed by atoms with Gasteiger partial charge in [0.1, 0.15) is 0 Å². The average molecular weight is 376 g/mol. The van der Waals surface area contributed by atoms with Crippen LogP contribution < -0.4 is 10.2 Å². The number of rotatable bonds is 4. The van der Waals surface area contributed by atoms with Gasteiger partial charge in [0.15, 0.2) is 0 Å². The Labute approximate surface area is 155 Å². The van der Waals surface area contributed by atoms with E-state index in [0.29, 0.717) is 6.54 Å². The molecule has 1 atom stereocenters. The lowest BCUT2D eigenvalue weighted by molar-refractivity contribution is -0.137. The maximum Gasteiger partial charge on any atom is 0.416 e. The molecule has 0 aliphatic carbocycles. The van der Waals surface area contributed by atoms with Gasteiger partial charge in [-0.2, -0.15) is 13.2 Å². The molecule has 0 bridgehead atoms. The molecule has 1 aliphatic heterocycles. The van der Waals surface area contributed by atoms with Crippen molar-refractivity contribution in [2.24, 2.45) is 5.92 Å². The Morgan fingerprint density at radius 3 is 2.63 bits per heavy atom. The summed E-state index contributed by atoms with van der Waals surface area (Å²) in [6.45, 7) is 2.36. The van der Waals surface area contributed by atoms with Gasteiger partial charge in [0, 0.05) is 25.2 Å². The maximum absolute atomic E-state index is 12.9. The highest BCUT2D eigenvalue weighted by molar-refractivity contribution is 6.00. The average Bonchev–Trinajstić information content (AvgIpc) is 3.02. The molecule has 0 saturated carbocycles. The number of amides is 2. The van der Waals surface area contributed by atoms with E-state index in [1.807, 2.05) is 31.2 Å². The van der Waals surface area contributed by atoms with Crippen LogP contribution in [0.1, 0.15) is 23.1 Å². The predicted molar refractivity (Wildman–Crippen MR) is 94.9 cm³/mol. The molecule has 7 heteroatoms. The number of carbonyl (C=O) groups excluding carboxylic acids is 2. The number of carbonyl (C=O) groups is 2. The molecule has 4 nitrogen and oxygen atoms in total. The summed E-state index contributed by atoms with van der Waals surface area (Å²) >= 11 is 0. The van der Waals surface area contributed by atoms with E-state index in [0.717, 1.165) is 23.3 Å². The molecule has 2 amide bonds. The molecular weight excluding hydrogens is 357 g/mol. The zero-order valence-corrected chi connectivity index (χ0v) is 14.7. The second-order valence-corrected chi connectivity index (χ2v) is 6.60. The molecule has 1 N–H and O–H groups in total. The standard InChI is InChI=1S/C20H19F3N2O2/c1-13-5-2-3-6-14(13)11-24-19(27)15-9-18(26)25(12-15)17-8-4-7-16(10-17)20(21,22)23/h2-8,10,15H,9,11-12H2,1H3,(H,24,27)/t15-/m0/s1. The van der Waals surface area contributed by atoms with Gasteiger partial charge in [0.25, 0.3) is 0 Å². The fraction of sp³-hybridized carbons (Fsp3) is 0.300. The van der Waals surface area contributed by atoms with Gasteiger partial charge in [0.2, 0.25) is 11.8 Å². The van der Waals surface area contributed by atoms with E-state index in [1.54, 1.807) is 0 Å². The van der Waals surface area contributed by atoms with Gasteiger partial charge >= 0.3 is 6.18 Å². The van der Waals surface area contributed by atoms with Crippen molar-refractivity contribution in [1.29, 1.82) is 0 Å². The number of hydrogen-bond acceptors (Lipinski definition) is 2. The van der Waals surface area contributed by atoms with Gasteiger partial charge in [0.05, 0.1) is 11.5 Å². The highest BCUT2D eigenvalue weighted by atomic mass is 19.4. The van der Waals surface area contributed by atoms with Crippen molar-refractivity contribution < 1.29 is 22.8 Å².